The summed E-state index contributed by atoms with van der Waals surface area (Å²) in [6, 6.07) is 0. The van der Waals surface area contributed by atoms with Crippen LogP contribution in [-0.2, 0) is 4.79 Å². The van der Waals surface area contributed by atoms with E-state index < -0.39 is 0 Å². The van der Waals surface area contributed by atoms with Crippen molar-refractivity contribution in [1.29, 1.82) is 0 Å². The zero-order chi connectivity index (χ0) is 11.5. The molecule has 0 amide bonds. The van der Waals surface area contributed by atoms with Crippen molar-refractivity contribution in [3.05, 3.63) is 0 Å². The molecule has 0 spiro atoms. The van der Waals surface area contributed by atoms with Gasteiger partial charge in [-0.2, -0.15) is 0 Å². The minimum atomic E-state index is 0.425. The maximum Gasteiger partial charge on any atom is 0.149 e. The van der Waals surface area contributed by atoms with Crippen molar-refractivity contribution in [3.63, 3.8) is 0 Å². The standard InChI is InChI=1S/C13H24N2O/c1-11(2)9-14-5-7-15(8-6-14)10-13(16)12-3-4-12/h11-12H,3-10H2,1-2H3. The number of rotatable bonds is 5. The van der Waals surface area contributed by atoms with Crippen LogP contribution in [0.25, 0.3) is 0 Å². The van der Waals surface area contributed by atoms with Gasteiger partial charge in [0.25, 0.3) is 0 Å². The zero-order valence-corrected chi connectivity index (χ0v) is 10.6. The van der Waals surface area contributed by atoms with E-state index in [9.17, 15) is 4.79 Å². The van der Waals surface area contributed by atoms with E-state index in [4.69, 9.17) is 0 Å². The summed E-state index contributed by atoms with van der Waals surface area (Å²) in [7, 11) is 0. The summed E-state index contributed by atoms with van der Waals surface area (Å²) in [5, 5.41) is 0. The predicted octanol–water partition coefficient (Wildman–Crippen LogP) is 1.24. The summed E-state index contributed by atoms with van der Waals surface area (Å²) in [6.45, 7) is 10.9. The van der Waals surface area contributed by atoms with Crippen LogP contribution < -0.4 is 0 Å². The van der Waals surface area contributed by atoms with Crippen molar-refractivity contribution < 1.29 is 4.79 Å². The average Bonchev–Trinajstić information content (AvgIpc) is 3.03. The third kappa shape index (κ3) is 3.56. The Balaban J connectivity index is 1.66. The smallest absolute Gasteiger partial charge is 0.149 e. The van der Waals surface area contributed by atoms with Gasteiger partial charge in [-0.05, 0) is 18.8 Å². The number of carbonyl (C=O) groups is 1. The lowest BCUT2D eigenvalue weighted by Crippen LogP contribution is -2.48. The van der Waals surface area contributed by atoms with Crippen molar-refractivity contribution in [3.8, 4) is 0 Å². The third-order valence-corrected chi connectivity index (χ3v) is 3.50. The maximum atomic E-state index is 11.7. The molecule has 92 valence electrons. The molecule has 1 saturated carbocycles. The van der Waals surface area contributed by atoms with E-state index in [0.29, 0.717) is 18.2 Å². The second-order valence-corrected chi connectivity index (χ2v) is 5.71. The molecule has 0 unspecified atom stereocenters. The summed E-state index contributed by atoms with van der Waals surface area (Å²) in [5.41, 5.74) is 0. The van der Waals surface area contributed by atoms with Gasteiger partial charge in [0.15, 0.2) is 0 Å². The van der Waals surface area contributed by atoms with Crippen LogP contribution in [0, 0.1) is 11.8 Å². The topological polar surface area (TPSA) is 23.6 Å². The Bertz CT molecular complexity index is 240. The van der Waals surface area contributed by atoms with Crippen LogP contribution in [0.4, 0.5) is 0 Å². The number of Topliss-reactive ketones (excluding diaryl/α,β-unsaturated/α-hetero) is 1. The van der Waals surface area contributed by atoms with Crippen LogP contribution >= 0.6 is 0 Å². The molecule has 1 aliphatic heterocycles. The summed E-state index contributed by atoms with van der Waals surface area (Å²) in [6.07, 6.45) is 2.29. The molecule has 3 heteroatoms. The Morgan fingerprint density at radius 2 is 1.69 bits per heavy atom. The lowest BCUT2D eigenvalue weighted by Gasteiger charge is -2.35. The van der Waals surface area contributed by atoms with Crippen molar-refractivity contribution in [2.75, 3.05) is 39.3 Å². The Morgan fingerprint density at radius 3 is 2.19 bits per heavy atom. The maximum absolute atomic E-state index is 11.7. The molecular formula is C13H24N2O. The minimum absolute atomic E-state index is 0.425. The quantitative estimate of drug-likeness (QED) is 0.702. The first-order chi connectivity index (χ1) is 7.65. The molecule has 0 N–H and O–H groups in total. The lowest BCUT2D eigenvalue weighted by atomic mass is 10.2. The Kier molecular flexibility index (Phi) is 3.98. The number of nitrogens with zero attached hydrogens (tertiary/aromatic N) is 2. The highest BCUT2D eigenvalue weighted by Crippen LogP contribution is 2.30. The van der Waals surface area contributed by atoms with Crippen molar-refractivity contribution in [2.24, 2.45) is 11.8 Å². The number of piperazine rings is 1. The van der Waals surface area contributed by atoms with E-state index >= 15 is 0 Å². The van der Waals surface area contributed by atoms with Gasteiger partial charge < -0.3 is 4.90 Å². The van der Waals surface area contributed by atoms with Crippen LogP contribution in [0.15, 0.2) is 0 Å². The molecule has 1 saturated heterocycles. The van der Waals surface area contributed by atoms with E-state index in [0.717, 1.165) is 44.9 Å². The van der Waals surface area contributed by atoms with E-state index in [2.05, 4.69) is 23.6 Å². The molecule has 0 radical (unpaired) electrons. The molecule has 1 heterocycles. The fourth-order valence-corrected chi connectivity index (χ4v) is 2.40. The van der Waals surface area contributed by atoms with Crippen LogP contribution in [-0.4, -0.2) is 54.9 Å². The first kappa shape index (κ1) is 12.1. The number of carbonyl (C=O) groups excluding carboxylic acids is 1. The summed E-state index contributed by atoms with van der Waals surface area (Å²) < 4.78 is 0. The third-order valence-electron chi connectivity index (χ3n) is 3.50. The molecule has 0 aromatic heterocycles. The second kappa shape index (κ2) is 5.28. The van der Waals surface area contributed by atoms with Gasteiger partial charge in [-0.15, -0.1) is 0 Å². The zero-order valence-electron chi connectivity index (χ0n) is 10.6. The Hall–Kier alpha value is -0.410. The lowest BCUT2D eigenvalue weighted by molar-refractivity contribution is -0.121. The highest BCUT2D eigenvalue weighted by molar-refractivity contribution is 5.84. The normalized spacial score (nSPS) is 23.9. The van der Waals surface area contributed by atoms with Crippen LogP contribution in [0.2, 0.25) is 0 Å². The first-order valence-electron chi connectivity index (χ1n) is 6.62. The largest absolute Gasteiger partial charge is 0.301 e. The highest BCUT2D eigenvalue weighted by Gasteiger charge is 2.31. The van der Waals surface area contributed by atoms with E-state index in [1.807, 2.05) is 0 Å². The summed E-state index contributed by atoms with van der Waals surface area (Å²) in [4.78, 5) is 16.5. The molecule has 0 bridgehead atoms. The van der Waals surface area contributed by atoms with Crippen LogP contribution in [0.5, 0.6) is 0 Å². The highest BCUT2D eigenvalue weighted by atomic mass is 16.1. The summed E-state index contributed by atoms with van der Waals surface area (Å²) in [5.74, 6) is 1.66. The van der Waals surface area contributed by atoms with Gasteiger partial charge in [-0.3, -0.25) is 9.69 Å². The fraction of sp³-hybridized carbons (Fsp3) is 0.923. The molecule has 0 atom stereocenters. The SMILES string of the molecule is CC(C)CN1CCN(CC(=O)C2CC2)CC1. The van der Waals surface area contributed by atoms with Gasteiger partial charge in [0.2, 0.25) is 0 Å². The molecule has 2 fully saturated rings. The van der Waals surface area contributed by atoms with Crippen molar-refractivity contribution >= 4 is 5.78 Å². The summed E-state index contributed by atoms with van der Waals surface area (Å²) >= 11 is 0. The molecule has 2 rings (SSSR count). The molecule has 0 aromatic carbocycles. The number of ketones is 1. The Labute approximate surface area is 98.8 Å². The molecule has 0 aromatic rings. The van der Waals surface area contributed by atoms with E-state index in [1.54, 1.807) is 0 Å². The number of hydrogen-bond acceptors (Lipinski definition) is 3. The second-order valence-electron chi connectivity index (χ2n) is 5.71. The minimum Gasteiger partial charge on any atom is -0.301 e. The van der Waals surface area contributed by atoms with Crippen molar-refractivity contribution in [2.45, 2.75) is 26.7 Å². The number of hydrogen-bond donors (Lipinski definition) is 0. The monoisotopic (exact) mass is 224 g/mol. The van der Waals surface area contributed by atoms with Crippen LogP contribution in [0.3, 0.4) is 0 Å². The molecule has 16 heavy (non-hydrogen) atoms. The van der Waals surface area contributed by atoms with Gasteiger partial charge in [0.1, 0.15) is 5.78 Å². The fourth-order valence-electron chi connectivity index (χ4n) is 2.40. The van der Waals surface area contributed by atoms with Gasteiger partial charge in [-0.25, -0.2) is 0 Å². The molecular weight excluding hydrogens is 200 g/mol. The van der Waals surface area contributed by atoms with Gasteiger partial charge in [0.05, 0.1) is 6.54 Å². The molecule has 3 nitrogen and oxygen atoms in total. The molecule has 1 aliphatic carbocycles. The van der Waals surface area contributed by atoms with Crippen LogP contribution in [0.1, 0.15) is 26.7 Å². The van der Waals surface area contributed by atoms with Crippen molar-refractivity contribution in [1.82, 2.24) is 9.80 Å². The van der Waals surface area contributed by atoms with Gasteiger partial charge >= 0.3 is 0 Å². The van der Waals surface area contributed by atoms with Gasteiger partial charge in [-0.1, -0.05) is 13.8 Å². The first-order valence-corrected chi connectivity index (χ1v) is 6.62. The molecule has 2 aliphatic rings. The Morgan fingerprint density at radius 1 is 1.12 bits per heavy atom. The predicted molar refractivity (Wildman–Crippen MR) is 65.4 cm³/mol. The van der Waals surface area contributed by atoms with Gasteiger partial charge in [0, 0.05) is 38.6 Å². The van der Waals surface area contributed by atoms with E-state index in [-0.39, 0.29) is 0 Å². The average molecular weight is 224 g/mol. The van der Waals surface area contributed by atoms with E-state index in [1.165, 1.54) is 6.54 Å².